The molecule has 0 aliphatic heterocycles. The van der Waals surface area contributed by atoms with E-state index in [1.165, 1.54) is 25.1 Å². The zero-order valence-electron chi connectivity index (χ0n) is 11.5. The smallest absolute Gasteiger partial charge is 0.417 e. The quantitative estimate of drug-likeness (QED) is 0.872. The minimum absolute atomic E-state index is 0.120. The molecule has 116 valence electrons. The normalized spacial score (nSPS) is 11.1. The number of halogens is 3. The van der Waals surface area contributed by atoms with E-state index in [4.69, 9.17) is 5.11 Å². The van der Waals surface area contributed by atoms with Gasteiger partial charge in [0.1, 0.15) is 0 Å². The van der Waals surface area contributed by atoms with Crippen LogP contribution in [0.15, 0.2) is 18.2 Å². The van der Waals surface area contributed by atoms with Crippen molar-refractivity contribution in [2.45, 2.75) is 12.6 Å². The Morgan fingerprint density at radius 3 is 2.43 bits per heavy atom. The second-order valence-electron chi connectivity index (χ2n) is 4.38. The van der Waals surface area contributed by atoms with Gasteiger partial charge in [0, 0.05) is 32.7 Å². The van der Waals surface area contributed by atoms with E-state index in [1.54, 1.807) is 0 Å². The molecule has 2 N–H and O–H groups in total. The number of aromatic carboxylic acids is 1. The van der Waals surface area contributed by atoms with Crippen molar-refractivity contribution in [2.24, 2.45) is 0 Å². The zero-order chi connectivity index (χ0) is 16.2. The van der Waals surface area contributed by atoms with Gasteiger partial charge in [0.25, 0.3) is 0 Å². The predicted octanol–water partition coefficient (Wildman–Crippen LogP) is 1.98. The number of carbonyl (C=O) groups is 2. The van der Waals surface area contributed by atoms with Gasteiger partial charge in [-0.3, -0.25) is 4.79 Å². The van der Waals surface area contributed by atoms with Gasteiger partial charge in [0.2, 0.25) is 5.91 Å². The van der Waals surface area contributed by atoms with Crippen LogP contribution in [0.25, 0.3) is 0 Å². The van der Waals surface area contributed by atoms with Gasteiger partial charge in [-0.05, 0) is 18.2 Å². The van der Waals surface area contributed by atoms with Crippen molar-refractivity contribution in [1.82, 2.24) is 5.32 Å². The molecule has 0 radical (unpaired) electrons. The molecule has 0 unspecified atom stereocenters. The number of rotatable bonds is 5. The van der Waals surface area contributed by atoms with Crippen molar-refractivity contribution in [3.05, 3.63) is 29.3 Å². The highest BCUT2D eigenvalue weighted by Crippen LogP contribution is 2.34. The van der Waals surface area contributed by atoms with E-state index in [-0.39, 0.29) is 24.6 Å². The zero-order valence-corrected chi connectivity index (χ0v) is 11.5. The molecular weight excluding hydrogens is 289 g/mol. The minimum Gasteiger partial charge on any atom is -0.478 e. The number of carbonyl (C=O) groups excluding carboxylic acids is 1. The van der Waals surface area contributed by atoms with Crippen LogP contribution < -0.4 is 10.2 Å². The Bertz CT molecular complexity index is 544. The molecule has 0 saturated carbocycles. The summed E-state index contributed by atoms with van der Waals surface area (Å²) in [6, 6.07) is 2.97. The highest BCUT2D eigenvalue weighted by atomic mass is 19.4. The summed E-state index contributed by atoms with van der Waals surface area (Å²) in [5.41, 5.74) is -1.82. The van der Waals surface area contributed by atoms with Gasteiger partial charge in [-0.2, -0.15) is 13.2 Å². The maximum atomic E-state index is 12.9. The Morgan fingerprint density at radius 2 is 1.95 bits per heavy atom. The fourth-order valence-electron chi connectivity index (χ4n) is 1.71. The van der Waals surface area contributed by atoms with Crippen molar-refractivity contribution in [3.8, 4) is 0 Å². The van der Waals surface area contributed by atoms with Crippen molar-refractivity contribution >= 4 is 17.6 Å². The minimum atomic E-state index is -4.76. The van der Waals surface area contributed by atoms with E-state index in [0.717, 1.165) is 12.1 Å². The molecule has 5 nitrogen and oxygen atoms in total. The molecule has 21 heavy (non-hydrogen) atoms. The summed E-state index contributed by atoms with van der Waals surface area (Å²) in [6.45, 7) is 0.212. The highest BCUT2D eigenvalue weighted by molar-refractivity contribution is 5.90. The Labute approximate surface area is 119 Å². The number of amides is 1. The predicted molar refractivity (Wildman–Crippen MR) is 70.4 cm³/mol. The number of nitrogens with zero attached hydrogens (tertiary/aromatic N) is 1. The third kappa shape index (κ3) is 4.37. The van der Waals surface area contributed by atoms with Gasteiger partial charge in [-0.1, -0.05) is 0 Å². The maximum Gasteiger partial charge on any atom is 0.417 e. The van der Waals surface area contributed by atoms with Crippen molar-refractivity contribution in [2.75, 3.05) is 25.5 Å². The first kappa shape index (κ1) is 16.8. The molecule has 1 amide bonds. The van der Waals surface area contributed by atoms with Gasteiger partial charge >= 0.3 is 12.1 Å². The number of hydrogen-bond acceptors (Lipinski definition) is 3. The Morgan fingerprint density at radius 1 is 1.33 bits per heavy atom. The highest BCUT2D eigenvalue weighted by Gasteiger charge is 2.35. The Hall–Kier alpha value is -2.25. The lowest BCUT2D eigenvalue weighted by atomic mass is 10.1. The van der Waals surface area contributed by atoms with Crippen molar-refractivity contribution < 1.29 is 27.9 Å². The lowest BCUT2D eigenvalue weighted by Gasteiger charge is -2.21. The average Bonchev–Trinajstić information content (AvgIpc) is 2.42. The van der Waals surface area contributed by atoms with Crippen LogP contribution in [0.1, 0.15) is 22.3 Å². The topological polar surface area (TPSA) is 69.6 Å². The first-order chi connectivity index (χ1) is 9.66. The van der Waals surface area contributed by atoms with Gasteiger partial charge in [-0.15, -0.1) is 0 Å². The molecular formula is C13H15F3N2O3. The van der Waals surface area contributed by atoms with Crippen LogP contribution in [0.5, 0.6) is 0 Å². The summed E-state index contributed by atoms with van der Waals surface area (Å²) in [4.78, 5) is 23.4. The van der Waals surface area contributed by atoms with E-state index < -0.39 is 23.3 Å². The van der Waals surface area contributed by atoms with Gasteiger partial charge in [0.05, 0.1) is 11.1 Å². The number of anilines is 1. The number of nitrogens with one attached hydrogen (secondary N) is 1. The van der Waals surface area contributed by atoms with Gasteiger partial charge in [-0.25, -0.2) is 4.79 Å². The van der Waals surface area contributed by atoms with Gasteiger partial charge < -0.3 is 15.3 Å². The fourth-order valence-corrected chi connectivity index (χ4v) is 1.71. The summed E-state index contributed by atoms with van der Waals surface area (Å²) < 4.78 is 38.6. The summed E-state index contributed by atoms with van der Waals surface area (Å²) >= 11 is 0. The number of carboxylic acid groups (broad SMARTS) is 1. The molecule has 0 aromatic heterocycles. The molecule has 0 aliphatic rings. The number of benzene rings is 1. The van der Waals surface area contributed by atoms with E-state index in [2.05, 4.69) is 5.32 Å². The van der Waals surface area contributed by atoms with E-state index >= 15 is 0 Å². The molecule has 0 atom stereocenters. The fraction of sp³-hybridized carbons (Fsp3) is 0.385. The molecule has 0 heterocycles. The lowest BCUT2D eigenvalue weighted by molar-refractivity contribution is -0.138. The van der Waals surface area contributed by atoms with Crippen LogP contribution in [0.3, 0.4) is 0 Å². The molecule has 0 aliphatic carbocycles. The lowest BCUT2D eigenvalue weighted by Crippen LogP contribution is -2.26. The van der Waals surface area contributed by atoms with E-state index in [9.17, 15) is 22.8 Å². The third-order valence-electron chi connectivity index (χ3n) is 2.93. The van der Waals surface area contributed by atoms with Crippen LogP contribution in [0.2, 0.25) is 0 Å². The molecule has 0 fully saturated rings. The van der Waals surface area contributed by atoms with Crippen molar-refractivity contribution in [3.63, 3.8) is 0 Å². The number of carboxylic acids is 1. The monoisotopic (exact) mass is 304 g/mol. The SMILES string of the molecule is CNC(=O)CCN(C)c1ccc(C(=O)O)c(C(F)(F)F)c1. The molecule has 1 aromatic rings. The first-order valence-electron chi connectivity index (χ1n) is 6.03. The first-order valence-corrected chi connectivity index (χ1v) is 6.03. The average molecular weight is 304 g/mol. The third-order valence-corrected chi connectivity index (χ3v) is 2.93. The summed E-state index contributed by atoms with van der Waals surface area (Å²) in [6.07, 6.45) is -4.64. The molecule has 1 aromatic carbocycles. The molecule has 1 rings (SSSR count). The molecule has 0 saturated heterocycles. The molecule has 0 spiro atoms. The summed E-state index contributed by atoms with van der Waals surface area (Å²) in [5, 5.41) is 11.2. The Balaban J connectivity index is 3.05. The Kier molecular flexibility index (Phi) is 5.17. The van der Waals surface area contributed by atoms with Crippen LogP contribution in [-0.2, 0) is 11.0 Å². The van der Waals surface area contributed by atoms with Crippen LogP contribution in [-0.4, -0.2) is 37.6 Å². The largest absolute Gasteiger partial charge is 0.478 e. The number of hydrogen-bond donors (Lipinski definition) is 2. The number of alkyl halides is 3. The second-order valence-corrected chi connectivity index (χ2v) is 4.38. The van der Waals surface area contributed by atoms with E-state index in [0.29, 0.717) is 0 Å². The van der Waals surface area contributed by atoms with Crippen molar-refractivity contribution in [1.29, 1.82) is 0 Å². The van der Waals surface area contributed by atoms with Crippen LogP contribution in [0, 0.1) is 0 Å². The maximum absolute atomic E-state index is 12.9. The van der Waals surface area contributed by atoms with Gasteiger partial charge in [0.15, 0.2) is 0 Å². The molecule has 8 heteroatoms. The second kappa shape index (κ2) is 6.47. The van der Waals surface area contributed by atoms with Crippen LogP contribution in [0.4, 0.5) is 18.9 Å². The molecule has 0 bridgehead atoms. The standard InChI is InChI=1S/C13H15F3N2O3/c1-17-11(19)5-6-18(2)8-3-4-9(12(20)21)10(7-8)13(14,15)16/h3-4,7H,5-6H2,1-2H3,(H,17,19)(H,20,21). The summed E-state index contributed by atoms with van der Waals surface area (Å²) in [5.74, 6) is -1.87. The van der Waals surface area contributed by atoms with Crippen LogP contribution >= 0.6 is 0 Å². The van der Waals surface area contributed by atoms with E-state index in [1.807, 2.05) is 0 Å². The summed E-state index contributed by atoms with van der Waals surface area (Å²) in [7, 11) is 2.99.